The Balaban J connectivity index is 2.53. The number of carbonyl (C=O) groups excluding carboxylic acids is 4. The maximum Gasteiger partial charge on any atom is 0.308 e. The van der Waals surface area contributed by atoms with Crippen molar-refractivity contribution < 1.29 is 33.4 Å². The standard InChI is InChI=1S/C57H77NO7/c1-5-7-9-11-13-15-17-19-21-23-25-27-29-31-33-35-37-39-41-43-55(60)63-49-52(48-58-57(62)53-46-45-50(3)47-54(53)64-51(4)59)65-56(61)44-42-40-38-36-34-32-30-28-26-24-22-20-18-16-14-12-10-8-6-2/h7-10,13-16,19-22,25-28,31-34,37-40,45-47,52H,5-6,11-12,17-18,23-24,29-30,35-36,41-44,48-49H2,1-4H3,(H,58,62)/b9-7-,10-8-,15-13-,16-14-,21-19-,22-20-,27-25-,28-26-,33-31-,34-32-,39-37-,40-38-. The number of benzene rings is 1. The van der Waals surface area contributed by atoms with E-state index in [2.05, 4.69) is 141 Å². The van der Waals surface area contributed by atoms with Gasteiger partial charge in [0.05, 0.1) is 12.1 Å². The number of carbonyl (C=O) groups is 4. The van der Waals surface area contributed by atoms with E-state index in [1.54, 1.807) is 18.2 Å². The fourth-order valence-corrected chi connectivity index (χ4v) is 5.68. The third-order valence-corrected chi connectivity index (χ3v) is 9.08. The van der Waals surface area contributed by atoms with E-state index in [-0.39, 0.29) is 37.3 Å². The van der Waals surface area contributed by atoms with Crippen LogP contribution in [0.5, 0.6) is 5.75 Å². The fourth-order valence-electron chi connectivity index (χ4n) is 5.68. The number of esters is 3. The molecule has 0 aliphatic carbocycles. The third kappa shape index (κ3) is 36.1. The molecular formula is C57H77NO7. The number of allylic oxidation sites excluding steroid dienone is 24. The molecule has 1 aromatic carbocycles. The van der Waals surface area contributed by atoms with E-state index in [0.29, 0.717) is 12.8 Å². The highest BCUT2D eigenvalue weighted by Gasteiger charge is 2.20. The number of aryl methyl sites for hydroxylation is 1. The van der Waals surface area contributed by atoms with Crippen LogP contribution in [0.4, 0.5) is 0 Å². The molecular weight excluding hydrogens is 811 g/mol. The van der Waals surface area contributed by atoms with E-state index in [1.165, 1.54) is 6.92 Å². The van der Waals surface area contributed by atoms with Gasteiger partial charge in [-0.3, -0.25) is 19.2 Å². The van der Waals surface area contributed by atoms with Gasteiger partial charge in [0.25, 0.3) is 5.91 Å². The molecule has 0 fully saturated rings. The lowest BCUT2D eigenvalue weighted by molar-refractivity contribution is -0.158. The lowest BCUT2D eigenvalue weighted by atomic mass is 10.1. The number of hydrogen-bond acceptors (Lipinski definition) is 7. The predicted octanol–water partition coefficient (Wildman–Crippen LogP) is 14.1. The molecule has 65 heavy (non-hydrogen) atoms. The molecule has 0 saturated carbocycles. The van der Waals surface area contributed by atoms with Crippen molar-refractivity contribution in [1.82, 2.24) is 5.32 Å². The maximum atomic E-state index is 13.1. The maximum absolute atomic E-state index is 13.1. The molecule has 1 N–H and O–H groups in total. The topological polar surface area (TPSA) is 108 Å². The Bertz CT molecular complexity index is 1850. The summed E-state index contributed by atoms with van der Waals surface area (Å²) in [6, 6.07) is 4.89. The minimum atomic E-state index is -0.922. The summed E-state index contributed by atoms with van der Waals surface area (Å²) in [7, 11) is 0. The molecule has 0 aromatic heterocycles. The molecule has 0 aliphatic heterocycles. The Morgan fingerprint density at radius 3 is 1.28 bits per heavy atom. The molecule has 8 heteroatoms. The lowest BCUT2D eigenvalue weighted by Crippen LogP contribution is -2.38. The van der Waals surface area contributed by atoms with Crippen molar-refractivity contribution >= 4 is 23.8 Å². The first-order valence-electron chi connectivity index (χ1n) is 23.5. The van der Waals surface area contributed by atoms with Crippen LogP contribution in [0, 0.1) is 6.92 Å². The van der Waals surface area contributed by atoms with Crippen LogP contribution >= 0.6 is 0 Å². The van der Waals surface area contributed by atoms with Crippen molar-refractivity contribution in [3.63, 3.8) is 0 Å². The Kier molecular flexibility index (Phi) is 36.8. The highest BCUT2D eigenvalue weighted by Crippen LogP contribution is 2.21. The van der Waals surface area contributed by atoms with Crippen molar-refractivity contribution in [2.75, 3.05) is 13.2 Å². The minimum Gasteiger partial charge on any atom is -0.462 e. The van der Waals surface area contributed by atoms with Crippen LogP contribution < -0.4 is 10.1 Å². The van der Waals surface area contributed by atoms with Gasteiger partial charge in [0.15, 0.2) is 6.10 Å². The van der Waals surface area contributed by atoms with Gasteiger partial charge in [-0.1, -0.05) is 166 Å². The highest BCUT2D eigenvalue weighted by molar-refractivity contribution is 5.97. The molecule has 1 aromatic rings. The summed E-state index contributed by atoms with van der Waals surface area (Å²) in [5.41, 5.74) is 0.967. The molecule has 0 radical (unpaired) electrons. The van der Waals surface area contributed by atoms with Crippen molar-refractivity contribution in [3.05, 3.63) is 175 Å². The van der Waals surface area contributed by atoms with Gasteiger partial charge >= 0.3 is 17.9 Å². The Labute approximate surface area is 391 Å². The second-order valence-corrected chi connectivity index (χ2v) is 15.0. The highest BCUT2D eigenvalue weighted by atomic mass is 16.6. The van der Waals surface area contributed by atoms with Gasteiger partial charge in [0, 0.05) is 19.8 Å². The van der Waals surface area contributed by atoms with Crippen molar-refractivity contribution in [3.8, 4) is 5.75 Å². The van der Waals surface area contributed by atoms with Crippen LogP contribution in [-0.2, 0) is 23.9 Å². The molecule has 1 unspecified atom stereocenters. The molecule has 0 saturated heterocycles. The SMILES string of the molecule is CC/C=C\C/C=C\C/C=C\C/C=C\C/C=C\C/C=C\CCC(=O)OCC(CNC(=O)c1ccc(C)cc1OC(C)=O)OC(=O)CC/C=C\C/C=C\C/C=C\C/C=C\C/C=C\C/C=C\CC. The minimum absolute atomic E-state index is 0.113. The summed E-state index contributed by atoms with van der Waals surface area (Å²) in [4.78, 5) is 50.3. The number of ether oxygens (including phenoxy) is 3. The molecule has 1 amide bonds. The normalized spacial score (nSPS) is 13.2. The zero-order valence-electron chi connectivity index (χ0n) is 39.8. The van der Waals surface area contributed by atoms with Gasteiger partial charge in [0.1, 0.15) is 12.4 Å². The average Bonchev–Trinajstić information content (AvgIpc) is 3.28. The van der Waals surface area contributed by atoms with E-state index in [0.717, 1.165) is 82.6 Å². The van der Waals surface area contributed by atoms with E-state index in [1.807, 2.05) is 31.2 Å². The van der Waals surface area contributed by atoms with Gasteiger partial charge in [0.2, 0.25) is 0 Å². The van der Waals surface area contributed by atoms with Gasteiger partial charge in [-0.05, 0) is 115 Å². The number of rotatable bonds is 35. The molecule has 352 valence electrons. The largest absolute Gasteiger partial charge is 0.462 e. The first kappa shape index (κ1) is 57.0. The first-order valence-corrected chi connectivity index (χ1v) is 23.5. The number of hydrogen-bond donors (Lipinski definition) is 1. The second kappa shape index (κ2) is 42.0. The van der Waals surface area contributed by atoms with Crippen molar-refractivity contribution in [2.24, 2.45) is 0 Å². The molecule has 0 heterocycles. The zero-order valence-corrected chi connectivity index (χ0v) is 39.8. The molecule has 0 aliphatic rings. The van der Waals surface area contributed by atoms with E-state index in [9.17, 15) is 19.2 Å². The third-order valence-electron chi connectivity index (χ3n) is 9.08. The van der Waals surface area contributed by atoms with Crippen molar-refractivity contribution in [1.29, 1.82) is 0 Å². The Morgan fingerprint density at radius 1 is 0.523 bits per heavy atom. The van der Waals surface area contributed by atoms with E-state index < -0.39 is 29.9 Å². The average molecular weight is 888 g/mol. The van der Waals surface area contributed by atoms with Crippen LogP contribution in [0.1, 0.15) is 139 Å². The monoisotopic (exact) mass is 888 g/mol. The fraction of sp³-hybridized carbons (Fsp3) is 0.404. The summed E-state index contributed by atoms with van der Waals surface area (Å²) < 4.78 is 16.4. The number of nitrogens with one attached hydrogen (secondary N) is 1. The second-order valence-electron chi connectivity index (χ2n) is 15.0. The molecule has 1 rings (SSSR count). The van der Waals surface area contributed by atoms with E-state index >= 15 is 0 Å². The van der Waals surface area contributed by atoms with Crippen LogP contribution in [0.3, 0.4) is 0 Å². The lowest BCUT2D eigenvalue weighted by Gasteiger charge is -2.19. The summed E-state index contributed by atoms with van der Waals surface area (Å²) >= 11 is 0. The molecule has 0 bridgehead atoms. The van der Waals surface area contributed by atoms with Gasteiger partial charge < -0.3 is 19.5 Å². The summed E-state index contributed by atoms with van der Waals surface area (Å²) in [6.07, 6.45) is 62.6. The van der Waals surface area contributed by atoms with Crippen LogP contribution in [0.15, 0.2) is 164 Å². The summed E-state index contributed by atoms with van der Waals surface area (Å²) in [5.74, 6) is -1.87. The Morgan fingerprint density at radius 2 is 0.892 bits per heavy atom. The quantitative estimate of drug-likeness (QED) is 0.0411. The zero-order chi connectivity index (χ0) is 47.3. The van der Waals surface area contributed by atoms with Crippen LogP contribution in [0.2, 0.25) is 0 Å². The van der Waals surface area contributed by atoms with Crippen LogP contribution in [-0.4, -0.2) is 43.1 Å². The molecule has 1 atom stereocenters. The first-order chi connectivity index (χ1) is 31.8. The number of amides is 1. The smallest absolute Gasteiger partial charge is 0.308 e. The van der Waals surface area contributed by atoms with Gasteiger partial charge in [-0.15, -0.1) is 0 Å². The van der Waals surface area contributed by atoms with Crippen molar-refractivity contribution in [2.45, 2.75) is 137 Å². The molecule has 8 nitrogen and oxygen atoms in total. The van der Waals surface area contributed by atoms with E-state index in [4.69, 9.17) is 14.2 Å². The summed E-state index contributed by atoms with van der Waals surface area (Å²) in [6.45, 7) is 7.02. The van der Waals surface area contributed by atoms with Gasteiger partial charge in [-0.2, -0.15) is 0 Å². The predicted molar refractivity (Wildman–Crippen MR) is 271 cm³/mol. The van der Waals surface area contributed by atoms with Gasteiger partial charge in [-0.25, -0.2) is 0 Å². The van der Waals surface area contributed by atoms with Crippen LogP contribution in [0.25, 0.3) is 0 Å². The Hall–Kier alpha value is -6.02. The summed E-state index contributed by atoms with van der Waals surface area (Å²) in [5, 5.41) is 2.74. The molecule has 0 spiro atoms.